The van der Waals surface area contributed by atoms with Crippen molar-refractivity contribution in [3.05, 3.63) is 35.9 Å². The fourth-order valence-electron chi connectivity index (χ4n) is 1.49. The molecule has 1 rings (SSSR count). The molecule has 5 heteroatoms. The van der Waals surface area contributed by atoms with Crippen LogP contribution >= 0.6 is 0 Å². The third-order valence-corrected chi connectivity index (χ3v) is 2.38. The number of hydrogen-bond acceptors (Lipinski definition) is 3. The van der Waals surface area contributed by atoms with E-state index in [1.54, 1.807) is 0 Å². The molecule has 0 aliphatic rings. The maximum Gasteiger partial charge on any atom is 0.243 e. The van der Waals surface area contributed by atoms with Crippen LogP contribution in [0.1, 0.15) is 12.5 Å². The summed E-state index contributed by atoms with van der Waals surface area (Å²) in [6.07, 6.45) is 0.879. The third-order valence-electron chi connectivity index (χ3n) is 2.38. The number of Topliss-reactive ketones (excluding diaryl/α,β-unsaturated/α-hetero) is 1. The van der Waals surface area contributed by atoms with E-state index in [4.69, 9.17) is 0 Å². The molecule has 0 radical (unpaired) electrons. The Bertz CT molecular complexity index is 418. The highest BCUT2D eigenvalue weighted by Gasteiger charge is 2.17. The molecule has 18 heavy (non-hydrogen) atoms. The first-order valence-electron chi connectivity index (χ1n) is 5.64. The molecular weight excluding hydrogens is 232 g/mol. The number of hydrogen-bond donors (Lipinski definition) is 2. The standard InChI is InChI=1S/C13H16N2O3/c1-10(17)8-14-13(18)12(15-9-16)7-11-5-3-2-4-6-11/h2-6,9,12H,7-8H2,1H3,(H,14,18)(H,15,16). The van der Waals surface area contributed by atoms with Crippen LogP contribution in [0.3, 0.4) is 0 Å². The maximum atomic E-state index is 11.8. The lowest BCUT2D eigenvalue weighted by atomic mass is 10.1. The minimum Gasteiger partial charge on any atom is -0.347 e. The van der Waals surface area contributed by atoms with Gasteiger partial charge in [-0.1, -0.05) is 30.3 Å². The van der Waals surface area contributed by atoms with Gasteiger partial charge in [0.05, 0.1) is 6.54 Å². The van der Waals surface area contributed by atoms with Crippen LogP contribution in [0.15, 0.2) is 30.3 Å². The van der Waals surface area contributed by atoms with Crippen molar-refractivity contribution in [3.63, 3.8) is 0 Å². The van der Waals surface area contributed by atoms with Crippen LogP contribution in [0.25, 0.3) is 0 Å². The first kappa shape index (κ1) is 13.9. The smallest absolute Gasteiger partial charge is 0.243 e. The summed E-state index contributed by atoms with van der Waals surface area (Å²) in [7, 11) is 0. The molecule has 0 aliphatic heterocycles. The van der Waals surface area contributed by atoms with Crippen molar-refractivity contribution in [2.24, 2.45) is 0 Å². The van der Waals surface area contributed by atoms with E-state index in [9.17, 15) is 14.4 Å². The molecule has 1 atom stereocenters. The summed E-state index contributed by atoms with van der Waals surface area (Å²) >= 11 is 0. The molecular formula is C13H16N2O3. The van der Waals surface area contributed by atoms with Crippen molar-refractivity contribution < 1.29 is 14.4 Å². The molecule has 0 heterocycles. The predicted molar refractivity (Wildman–Crippen MR) is 66.8 cm³/mol. The van der Waals surface area contributed by atoms with E-state index in [1.807, 2.05) is 30.3 Å². The van der Waals surface area contributed by atoms with E-state index in [2.05, 4.69) is 10.6 Å². The SMILES string of the molecule is CC(=O)CNC(=O)C(Cc1ccccc1)NC=O. The summed E-state index contributed by atoms with van der Waals surface area (Å²) in [6.45, 7) is 1.37. The van der Waals surface area contributed by atoms with Gasteiger partial charge >= 0.3 is 0 Å². The lowest BCUT2D eigenvalue weighted by Crippen LogP contribution is -2.46. The molecule has 96 valence electrons. The fourth-order valence-corrected chi connectivity index (χ4v) is 1.49. The summed E-state index contributed by atoms with van der Waals surface area (Å²) in [5.74, 6) is -0.492. The van der Waals surface area contributed by atoms with Gasteiger partial charge in [0.1, 0.15) is 11.8 Å². The zero-order valence-corrected chi connectivity index (χ0v) is 10.2. The minimum absolute atomic E-state index is 0.0232. The Balaban J connectivity index is 2.61. The molecule has 2 amide bonds. The lowest BCUT2D eigenvalue weighted by Gasteiger charge is -2.15. The van der Waals surface area contributed by atoms with Crippen LogP contribution in [0, 0.1) is 0 Å². The van der Waals surface area contributed by atoms with Gasteiger partial charge in [0, 0.05) is 6.42 Å². The molecule has 0 bridgehead atoms. The van der Waals surface area contributed by atoms with Crippen molar-refractivity contribution in [1.82, 2.24) is 10.6 Å². The molecule has 2 N–H and O–H groups in total. The summed E-state index contributed by atoms with van der Waals surface area (Å²) in [6, 6.07) is 8.68. The molecule has 1 aromatic rings. The first-order valence-corrected chi connectivity index (χ1v) is 5.64. The van der Waals surface area contributed by atoms with E-state index >= 15 is 0 Å². The molecule has 0 saturated carbocycles. The molecule has 0 saturated heterocycles. The molecule has 0 fully saturated rings. The molecule has 0 spiro atoms. The van der Waals surface area contributed by atoms with E-state index in [1.165, 1.54) is 6.92 Å². The zero-order valence-electron chi connectivity index (χ0n) is 10.2. The van der Waals surface area contributed by atoms with Gasteiger partial charge in [-0.05, 0) is 12.5 Å². The highest BCUT2D eigenvalue weighted by atomic mass is 16.2. The van der Waals surface area contributed by atoms with Crippen LogP contribution in [0.2, 0.25) is 0 Å². The molecule has 1 aromatic carbocycles. The van der Waals surface area contributed by atoms with Gasteiger partial charge in [0.25, 0.3) is 0 Å². The summed E-state index contributed by atoms with van der Waals surface area (Å²) in [5, 5.41) is 4.93. The monoisotopic (exact) mass is 248 g/mol. The quantitative estimate of drug-likeness (QED) is 0.669. The van der Waals surface area contributed by atoms with Gasteiger partial charge in [-0.2, -0.15) is 0 Å². The lowest BCUT2D eigenvalue weighted by molar-refractivity contribution is -0.127. The fraction of sp³-hybridized carbons (Fsp3) is 0.308. The average molecular weight is 248 g/mol. The van der Waals surface area contributed by atoms with Gasteiger partial charge in [-0.3, -0.25) is 14.4 Å². The average Bonchev–Trinajstić information content (AvgIpc) is 2.36. The van der Waals surface area contributed by atoms with E-state index < -0.39 is 6.04 Å². The third kappa shape index (κ3) is 4.78. The van der Waals surface area contributed by atoms with Crippen LogP contribution in [-0.2, 0) is 20.8 Å². The first-order chi connectivity index (χ1) is 8.63. The molecule has 1 unspecified atom stereocenters. The Morgan fingerprint density at radius 1 is 1.28 bits per heavy atom. The van der Waals surface area contributed by atoms with E-state index in [-0.39, 0.29) is 18.2 Å². The minimum atomic E-state index is -0.663. The number of benzene rings is 1. The topological polar surface area (TPSA) is 75.3 Å². The largest absolute Gasteiger partial charge is 0.347 e. The number of nitrogens with one attached hydrogen (secondary N) is 2. The normalized spacial score (nSPS) is 11.4. The number of carbonyl (C=O) groups excluding carboxylic acids is 3. The number of amides is 2. The van der Waals surface area contributed by atoms with Gasteiger partial charge < -0.3 is 10.6 Å². The maximum absolute atomic E-state index is 11.8. The Labute approximate surface area is 106 Å². The van der Waals surface area contributed by atoms with Gasteiger partial charge in [-0.25, -0.2) is 0 Å². The van der Waals surface area contributed by atoms with E-state index in [0.717, 1.165) is 5.56 Å². The summed E-state index contributed by atoms with van der Waals surface area (Å²) in [4.78, 5) is 33.0. The Hall–Kier alpha value is -2.17. The second-order valence-electron chi connectivity index (χ2n) is 3.95. The molecule has 0 aliphatic carbocycles. The zero-order chi connectivity index (χ0) is 13.4. The Morgan fingerprint density at radius 3 is 2.50 bits per heavy atom. The van der Waals surface area contributed by atoms with Crippen LogP contribution < -0.4 is 10.6 Å². The van der Waals surface area contributed by atoms with Crippen LogP contribution in [0.5, 0.6) is 0 Å². The number of rotatable bonds is 7. The van der Waals surface area contributed by atoms with Gasteiger partial charge in [0.2, 0.25) is 12.3 Å². The second kappa shape index (κ2) is 7.21. The highest BCUT2D eigenvalue weighted by Crippen LogP contribution is 2.03. The second-order valence-corrected chi connectivity index (χ2v) is 3.95. The van der Waals surface area contributed by atoms with Crippen molar-refractivity contribution >= 4 is 18.1 Å². The van der Waals surface area contributed by atoms with Gasteiger partial charge in [-0.15, -0.1) is 0 Å². The van der Waals surface area contributed by atoms with E-state index in [0.29, 0.717) is 12.8 Å². The van der Waals surface area contributed by atoms with Crippen molar-refractivity contribution in [1.29, 1.82) is 0 Å². The van der Waals surface area contributed by atoms with Crippen molar-refractivity contribution in [3.8, 4) is 0 Å². The van der Waals surface area contributed by atoms with Gasteiger partial charge in [0.15, 0.2) is 0 Å². The Kier molecular flexibility index (Phi) is 5.57. The summed E-state index contributed by atoms with van der Waals surface area (Å²) in [5.41, 5.74) is 0.940. The highest BCUT2D eigenvalue weighted by molar-refractivity contribution is 5.88. The number of ketones is 1. The van der Waals surface area contributed by atoms with Crippen molar-refractivity contribution in [2.75, 3.05) is 6.54 Å². The summed E-state index contributed by atoms with van der Waals surface area (Å²) < 4.78 is 0. The molecule has 5 nitrogen and oxygen atoms in total. The van der Waals surface area contributed by atoms with Crippen LogP contribution in [0.4, 0.5) is 0 Å². The Morgan fingerprint density at radius 2 is 1.94 bits per heavy atom. The number of carbonyl (C=O) groups is 3. The molecule has 0 aromatic heterocycles. The predicted octanol–water partition coefficient (Wildman–Crippen LogP) is 0.0489. The van der Waals surface area contributed by atoms with Crippen molar-refractivity contribution in [2.45, 2.75) is 19.4 Å². The van der Waals surface area contributed by atoms with Crippen LogP contribution in [-0.4, -0.2) is 30.7 Å².